The molecule has 0 aromatic rings. The van der Waals surface area contributed by atoms with Gasteiger partial charge in [0.05, 0.1) is 6.61 Å². The summed E-state index contributed by atoms with van der Waals surface area (Å²) in [4.78, 5) is 11.7. The second kappa shape index (κ2) is 7.91. The van der Waals surface area contributed by atoms with Crippen molar-refractivity contribution < 1.29 is 9.53 Å². The predicted octanol–water partition coefficient (Wildman–Crippen LogP) is 0.701. The van der Waals surface area contributed by atoms with E-state index in [0.717, 1.165) is 19.4 Å². The molecular weight excluding hydrogens is 216 g/mol. The largest absolute Gasteiger partial charge is 0.366 e. The minimum Gasteiger partial charge on any atom is -0.366 e. The zero-order valence-corrected chi connectivity index (χ0v) is 10.2. The van der Waals surface area contributed by atoms with Gasteiger partial charge in [-0.15, -0.1) is 12.4 Å². The van der Waals surface area contributed by atoms with E-state index in [1.807, 2.05) is 0 Å². The van der Waals surface area contributed by atoms with Gasteiger partial charge in [0.15, 0.2) is 0 Å². The number of halogens is 1. The van der Waals surface area contributed by atoms with Gasteiger partial charge in [0.2, 0.25) is 0 Å². The first-order valence-corrected chi connectivity index (χ1v) is 5.40. The molecule has 1 amide bonds. The monoisotopic (exact) mass is 236 g/mol. The van der Waals surface area contributed by atoms with Crippen LogP contribution in [0, 0.1) is 0 Å². The van der Waals surface area contributed by atoms with Crippen molar-refractivity contribution in [1.29, 1.82) is 0 Å². The highest BCUT2D eigenvalue weighted by Gasteiger charge is 2.22. The molecule has 1 heterocycles. The summed E-state index contributed by atoms with van der Waals surface area (Å²) in [7, 11) is 0. The topological polar surface area (TPSA) is 50.4 Å². The summed E-state index contributed by atoms with van der Waals surface area (Å²) in [6, 6.07) is 0.285. The van der Waals surface area contributed by atoms with E-state index in [9.17, 15) is 4.79 Å². The molecule has 0 radical (unpaired) electrons. The van der Waals surface area contributed by atoms with Crippen molar-refractivity contribution in [2.75, 3.05) is 19.7 Å². The lowest BCUT2D eigenvalue weighted by molar-refractivity contribution is -0.135. The number of carbonyl (C=O) groups is 1. The van der Waals surface area contributed by atoms with Crippen molar-refractivity contribution in [3.05, 3.63) is 0 Å². The van der Waals surface area contributed by atoms with Crippen LogP contribution in [0.15, 0.2) is 0 Å². The first-order valence-electron chi connectivity index (χ1n) is 5.40. The fraction of sp³-hybridized carbons (Fsp3) is 0.900. The van der Waals surface area contributed by atoms with Crippen molar-refractivity contribution in [3.63, 3.8) is 0 Å². The Balaban J connectivity index is 0.00000196. The summed E-state index contributed by atoms with van der Waals surface area (Å²) >= 11 is 0. The average molecular weight is 237 g/mol. The van der Waals surface area contributed by atoms with Crippen molar-refractivity contribution in [3.8, 4) is 0 Å². The number of morpholine rings is 1. The van der Waals surface area contributed by atoms with E-state index in [0.29, 0.717) is 13.2 Å². The van der Waals surface area contributed by atoms with E-state index in [1.54, 1.807) is 0 Å². The van der Waals surface area contributed by atoms with Gasteiger partial charge in [0.25, 0.3) is 5.91 Å². The Morgan fingerprint density at radius 1 is 1.53 bits per heavy atom. The number of hydrogen-bond donors (Lipinski definition) is 2. The zero-order valence-electron chi connectivity index (χ0n) is 9.41. The molecule has 15 heavy (non-hydrogen) atoms. The summed E-state index contributed by atoms with van der Waals surface area (Å²) in [6.07, 6.45) is 1.65. The number of nitrogens with one attached hydrogen (secondary N) is 2. The van der Waals surface area contributed by atoms with E-state index in [-0.39, 0.29) is 30.5 Å². The third-order valence-electron chi connectivity index (χ3n) is 2.55. The van der Waals surface area contributed by atoms with Crippen LogP contribution in [0.4, 0.5) is 0 Å². The van der Waals surface area contributed by atoms with E-state index in [4.69, 9.17) is 4.74 Å². The highest BCUT2D eigenvalue weighted by molar-refractivity contribution is 5.85. The third-order valence-corrected chi connectivity index (χ3v) is 2.55. The van der Waals surface area contributed by atoms with Crippen LogP contribution < -0.4 is 10.6 Å². The maximum Gasteiger partial charge on any atom is 0.250 e. The van der Waals surface area contributed by atoms with Gasteiger partial charge in [-0.25, -0.2) is 0 Å². The third kappa shape index (κ3) is 4.82. The Hall–Kier alpha value is -0.320. The van der Waals surface area contributed by atoms with Crippen molar-refractivity contribution in [1.82, 2.24) is 10.6 Å². The Bertz CT molecular complexity index is 180. The van der Waals surface area contributed by atoms with Crippen LogP contribution in [-0.2, 0) is 9.53 Å². The molecule has 2 N–H and O–H groups in total. The van der Waals surface area contributed by atoms with Gasteiger partial charge in [-0.3, -0.25) is 4.79 Å². The molecule has 0 saturated carbocycles. The molecule has 1 unspecified atom stereocenters. The summed E-state index contributed by atoms with van der Waals surface area (Å²) in [5.74, 6) is 0.0194. The van der Waals surface area contributed by atoms with Crippen LogP contribution >= 0.6 is 12.4 Å². The molecule has 1 atom stereocenters. The van der Waals surface area contributed by atoms with Gasteiger partial charge < -0.3 is 15.4 Å². The molecule has 0 aromatic heterocycles. The molecule has 1 rings (SSSR count). The molecule has 0 aromatic carbocycles. The number of carbonyl (C=O) groups excluding carboxylic acids is 1. The van der Waals surface area contributed by atoms with E-state index < -0.39 is 0 Å². The summed E-state index contributed by atoms with van der Waals surface area (Å²) in [6.45, 7) is 6.25. The number of amides is 1. The molecule has 90 valence electrons. The molecule has 1 aliphatic rings. The molecule has 1 aliphatic heterocycles. The second-order valence-electron chi connectivity index (χ2n) is 3.59. The van der Waals surface area contributed by atoms with E-state index >= 15 is 0 Å². The van der Waals surface area contributed by atoms with Crippen molar-refractivity contribution in [2.45, 2.75) is 38.8 Å². The van der Waals surface area contributed by atoms with Crippen LogP contribution in [0.25, 0.3) is 0 Å². The molecule has 5 heteroatoms. The Kier molecular flexibility index (Phi) is 7.74. The van der Waals surface area contributed by atoms with Gasteiger partial charge in [-0.2, -0.15) is 0 Å². The lowest BCUT2D eigenvalue weighted by atomic mass is 10.1. The normalized spacial score (nSPS) is 20.9. The number of ether oxygens (including phenoxy) is 1. The van der Waals surface area contributed by atoms with Crippen LogP contribution in [-0.4, -0.2) is 37.7 Å². The van der Waals surface area contributed by atoms with E-state index in [1.165, 1.54) is 0 Å². The van der Waals surface area contributed by atoms with Gasteiger partial charge in [0, 0.05) is 19.1 Å². The molecule has 0 bridgehead atoms. The Morgan fingerprint density at radius 2 is 2.20 bits per heavy atom. The summed E-state index contributed by atoms with van der Waals surface area (Å²) in [5.41, 5.74) is 0. The molecular formula is C10H21ClN2O2. The predicted molar refractivity (Wildman–Crippen MR) is 62.4 cm³/mol. The highest BCUT2D eigenvalue weighted by atomic mass is 35.5. The van der Waals surface area contributed by atoms with Gasteiger partial charge >= 0.3 is 0 Å². The first kappa shape index (κ1) is 14.7. The van der Waals surface area contributed by atoms with Gasteiger partial charge in [-0.1, -0.05) is 13.8 Å². The van der Waals surface area contributed by atoms with Crippen LogP contribution in [0.2, 0.25) is 0 Å². The molecule has 4 nitrogen and oxygen atoms in total. The Labute approximate surface area is 97.5 Å². The minimum absolute atomic E-state index is 0. The molecule has 1 saturated heterocycles. The molecule has 0 aliphatic carbocycles. The first-order chi connectivity index (χ1) is 6.77. The lowest BCUT2D eigenvalue weighted by Crippen LogP contribution is -2.50. The lowest BCUT2D eigenvalue weighted by Gasteiger charge is -2.25. The van der Waals surface area contributed by atoms with E-state index in [2.05, 4.69) is 24.5 Å². The van der Waals surface area contributed by atoms with Crippen LogP contribution in [0.3, 0.4) is 0 Å². The standard InChI is InChI=1S/C10H20N2O2.ClH/c1-3-8(4-2)12-10(13)9-7-11-5-6-14-9;/h8-9,11H,3-7H2,1-2H3,(H,12,13);1H. The quantitative estimate of drug-likeness (QED) is 0.756. The minimum atomic E-state index is -0.302. The smallest absolute Gasteiger partial charge is 0.250 e. The maximum absolute atomic E-state index is 11.7. The molecule has 1 fully saturated rings. The van der Waals surface area contributed by atoms with Crippen molar-refractivity contribution >= 4 is 18.3 Å². The number of rotatable bonds is 4. The second-order valence-corrected chi connectivity index (χ2v) is 3.59. The van der Waals surface area contributed by atoms with Gasteiger partial charge in [0.1, 0.15) is 6.10 Å². The Morgan fingerprint density at radius 3 is 2.67 bits per heavy atom. The number of hydrogen-bond acceptors (Lipinski definition) is 3. The summed E-state index contributed by atoms with van der Waals surface area (Å²) < 4.78 is 5.36. The molecule has 0 spiro atoms. The maximum atomic E-state index is 11.7. The summed E-state index contributed by atoms with van der Waals surface area (Å²) in [5, 5.41) is 6.12. The SMILES string of the molecule is CCC(CC)NC(=O)C1CNCCO1.Cl. The highest BCUT2D eigenvalue weighted by Crippen LogP contribution is 2.00. The van der Waals surface area contributed by atoms with Gasteiger partial charge in [-0.05, 0) is 12.8 Å². The van der Waals surface area contributed by atoms with Crippen LogP contribution in [0.1, 0.15) is 26.7 Å². The van der Waals surface area contributed by atoms with Crippen LogP contribution in [0.5, 0.6) is 0 Å². The van der Waals surface area contributed by atoms with Crippen molar-refractivity contribution in [2.24, 2.45) is 0 Å². The average Bonchev–Trinajstić information content (AvgIpc) is 2.26. The zero-order chi connectivity index (χ0) is 10.4. The fourth-order valence-electron chi connectivity index (χ4n) is 1.52. The fourth-order valence-corrected chi connectivity index (χ4v) is 1.52.